The minimum atomic E-state index is -0.403. The highest BCUT2D eigenvalue weighted by molar-refractivity contribution is 7.13. The van der Waals surface area contributed by atoms with E-state index in [-0.39, 0.29) is 5.91 Å². The van der Waals surface area contributed by atoms with Crippen LogP contribution in [-0.4, -0.2) is 29.2 Å². The van der Waals surface area contributed by atoms with E-state index >= 15 is 0 Å². The first kappa shape index (κ1) is 18.3. The van der Waals surface area contributed by atoms with Crippen LogP contribution in [0.15, 0.2) is 60.0 Å². The predicted molar refractivity (Wildman–Crippen MR) is 109 cm³/mol. The normalized spacial score (nSPS) is 11.1. The van der Waals surface area contributed by atoms with Gasteiger partial charge in [0, 0.05) is 35.6 Å². The van der Waals surface area contributed by atoms with E-state index in [1.807, 2.05) is 18.2 Å². The van der Waals surface area contributed by atoms with Crippen LogP contribution in [0.2, 0.25) is 0 Å². The molecule has 2 aromatic carbocycles. The Morgan fingerprint density at radius 1 is 1.21 bits per heavy atom. The Balaban J connectivity index is 1.64. The van der Waals surface area contributed by atoms with Gasteiger partial charge in [0.2, 0.25) is 0 Å². The lowest BCUT2D eigenvalue weighted by atomic mass is 10.2. The molecular weight excluding hydrogens is 377 g/mol. The number of fused-ring (bicyclic) bond motifs is 1. The van der Waals surface area contributed by atoms with E-state index in [1.54, 1.807) is 24.6 Å². The predicted octanol–water partition coefficient (Wildman–Crippen LogP) is 4.80. The number of ether oxygens (including phenoxy) is 1. The Hall–Kier alpha value is -3.03. The Morgan fingerprint density at radius 2 is 2.07 bits per heavy atom. The molecule has 1 amide bonds. The number of halogens is 1. The van der Waals surface area contributed by atoms with Gasteiger partial charge >= 0.3 is 0 Å². The Bertz CT molecular complexity index is 1140. The fourth-order valence-electron chi connectivity index (χ4n) is 3.07. The molecule has 0 spiro atoms. The van der Waals surface area contributed by atoms with E-state index in [4.69, 9.17) is 4.74 Å². The largest absolute Gasteiger partial charge is 0.383 e. The smallest absolute Gasteiger partial charge is 0.275 e. The van der Waals surface area contributed by atoms with Crippen molar-refractivity contribution in [3.63, 3.8) is 0 Å². The second kappa shape index (κ2) is 7.92. The van der Waals surface area contributed by atoms with Gasteiger partial charge in [-0.3, -0.25) is 4.79 Å². The first-order valence-corrected chi connectivity index (χ1v) is 9.63. The van der Waals surface area contributed by atoms with Gasteiger partial charge in [0.05, 0.1) is 12.3 Å². The fourth-order valence-corrected chi connectivity index (χ4v) is 3.89. The van der Waals surface area contributed by atoms with Gasteiger partial charge in [0.15, 0.2) is 0 Å². The van der Waals surface area contributed by atoms with Crippen molar-refractivity contribution in [2.45, 2.75) is 6.54 Å². The molecule has 0 unspecified atom stereocenters. The van der Waals surface area contributed by atoms with Crippen LogP contribution in [-0.2, 0) is 11.3 Å². The molecule has 7 heteroatoms. The molecule has 0 saturated carbocycles. The van der Waals surface area contributed by atoms with Crippen LogP contribution >= 0.6 is 11.3 Å². The van der Waals surface area contributed by atoms with E-state index in [0.29, 0.717) is 24.5 Å². The van der Waals surface area contributed by atoms with Crippen LogP contribution in [0, 0.1) is 5.82 Å². The second-order valence-corrected chi connectivity index (χ2v) is 7.09. The highest BCUT2D eigenvalue weighted by atomic mass is 32.1. The molecule has 4 rings (SSSR count). The SMILES string of the molecule is COCCn1c(-c2nc(C(=O)Nc3cccc(F)c3)cs2)cc2ccccc21. The molecule has 1 N–H and O–H groups in total. The number of hydrogen-bond donors (Lipinski definition) is 1. The molecule has 5 nitrogen and oxygen atoms in total. The average molecular weight is 395 g/mol. The summed E-state index contributed by atoms with van der Waals surface area (Å²) in [6, 6.07) is 15.9. The lowest BCUT2D eigenvalue weighted by Gasteiger charge is -2.08. The number of amides is 1. The minimum absolute atomic E-state index is 0.299. The number of anilines is 1. The third-order valence-corrected chi connectivity index (χ3v) is 5.23. The van der Waals surface area contributed by atoms with Crippen molar-refractivity contribution in [3.05, 3.63) is 71.5 Å². The van der Waals surface area contributed by atoms with Gasteiger partial charge in [-0.25, -0.2) is 9.37 Å². The summed E-state index contributed by atoms with van der Waals surface area (Å²) in [5, 5.41) is 6.24. The van der Waals surface area contributed by atoms with Crippen LogP contribution in [0.5, 0.6) is 0 Å². The zero-order valence-electron chi connectivity index (χ0n) is 15.2. The molecule has 0 aliphatic rings. The number of thiazole rings is 1. The molecule has 2 aromatic heterocycles. The molecule has 4 aromatic rings. The monoisotopic (exact) mass is 395 g/mol. The molecule has 0 bridgehead atoms. The number of nitrogens with zero attached hydrogens (tertiary/aromatic N) is 2. The molecule has 0 aliphatic carbocycles. The van der Waals surface area contributed by atoms with Crippen molar-refractivity contribution in [2.24, 2.45) is 0 Å². The highest BCUT2D eigenvalue weighted by Gasteiger charge is 2.17. The number of para-hydroxylation sites is 1. The number of methoxy groups -OCH3 is 1. The maximum atomic E-state index is 13.3. The summed E-state index contributed by atoms with van der Waals surface area (Å²) in [6.45, 7) is 1.26. The maximum Gasteiger partial charge on any atom is 0.275 e. The van der Waals surface area contributed by atoms with E-state index < -0.39 is 5.82 Å². The summed E-state index contributed by atoms with van der Waals surface area (Å²) in [6.07, 6.45) is 0. The fraction of sp³-hybridized carbons (Fsp3) is 0.143. The Kier molecular flexibility index (Phi) is 5.18. The second-order valence-electron chi connectivity index (χ2n) is 6.24. The van der Waals surface area contributed by atoms with Crippen molar-refractivity contribution in [2.75, 3.05) is 19.0 Å². The first-order valence-electron chi connectivity index (χ1n) is 8.76. The number of carbonyl (C=O) groups excluding carboxylic acids is 1. The molecule has 28 heavy (non-hydrogen) atoms. The summed E-state index contributed by atoms with van der Waals surface area (Å²) < 4.78 is 20.7. The first-order chi connectivity index (χ1) is 13.7. The zero-order chi connectivity index (χ0) is 19.5. The number of nitrogens with one attached hydrogen (secondary N) is 1. The summed E-state index contributed by atoms with van der Waals surface area (Å²) >= 11 is 1.40. The van der Waals surface area contributed by atoms with Gasteiger partial charge in [-0.15, -0.1) is 11.3 Å². The summed E-state index contributed by atoms with van der Waals surface area (Å²) in [5.74, 6) is -0.771. The van der Waals surface area contributed by atoms with Crippen molar-refractivity contribution < 1.29 is 13.9 Å². The van der Waals surface area contributed by atoms with Gasteiger partial charge in [0.25, 0.3) is 5.91 Å². The van der Waals surface area contributed by atoms with Crippen molar-refractivity contribution in [3.8, 4) is 10.7 Å². The third kappa shape index (κ3) is 3.67. The van der Waals surface area contributed by atoms with Gasteiger partial charge in [-0.2, -0.15) is 0 Å². The minimum Gasteiger partial charge on any atom is -0.383 e. The zero-order valence-corrected chi connectivity index (χ0v) is 16.0. The molecule has 0 saturated heterocycles. The van der Waals surface area contributed by atoms with Crippen LogP contribution in [0.25, 0.3) is 21.6 Å². The lowest BCUT2D eigenvalue weighted by Crippen LogP contribution is -2.12. The average Bonchev–Trinajstić information content (AvgIpc) is 3.31. The molecule has 0 radical (unpaired) electrons. The van der Waals surface area contributed by atoms with Crippen LogP contribution in [0.4, 0.5) is 10.1 Å². The standard InChI is InChI=1S/C21H18FN3O2S/c1-27-10-9-25-18-8-3-2-5-14(18)11-19(25)21-24-17(13-28-21)20(26)23-16-7-4-6-15(22)12-16/h2-8,11-13H,9-10H2,1H3,(H,23,26). The van der Waals surface area contributed by atoms with Gasteiger partial charge in [-0.05, 0) is 30.3 Å². The van der Waals surface area contributed by atoms with E-state index in [2.05, 4.69) is 27.0 Å². The number of rotatable bonds is 6. The van der Waals surface area contributed by atoms with Crippen molar-refractivity contribution in [1.82, 2.24) is 9.55 Å². The lowest BCUT2D eigenvalue weighted by molar-refractivity contribution is 0.102. The van der Waals surface area contributed by atoms with E-state index in [1.165, 1.54) is 23.5 Å². The molecule has 0 aliphatic heterocycles. The van der Waals surface area contributed by atoms with E-state index in [9.17, 15) is 9.18 Å². The van der Waals surface area contributed by atoms with Crippen molar-refractivity contribution >= 4 is 33.8 Å². The third-order valence-electron chi connectivity index (χ3n) is 4.37. The topological polar surface area (TPSA) is 56.2 Å². The molecule has 142 valence electrons. The van der Waals surface area contributed by atoms with Crippen LogP contribution < -0.4 is 5.32 Å². The van der Waals surface area contributed by atoms with Gasteiger partial charge in [0.1, 0.15) is 16.5 Å². The summed E-state index contributed by atoms with van der Waals surface area (Å²) in [5.41, 5.74) is 2.73. The quantitative estimate of drug-likeness (QED) is 0.510. The Labute approximate surface area is 165 Å². The molecule has 0 fully saturated rings. The maximum absolute atomic E-state index is 13.3. The summed E-state index contributed by atoms with van der Waals surface area (Å²) in [4.78, 5) is 17.0. The number of hydrogen-bond acceptors (Lipinski definition) is 4. The van der Waals surface area contributed by atoms with Crippen molar-refractivity contribution in [1.29, 1.82) is 0 Å². The number of aromatic nitrogens is 2. The number of carbonyl (C=O) groups is 1. The van der Waals surface area contributed by atoms with Crippen LogP contribution in [0.3, 0.4) is 0 Å². The highest BCUT2D eigenvalue weighted by Crippen LogP contribution is 2.30. The van der Waals surface area contributed by atoms with Crippen LogP contribution in [0.1, 0.15) is 10.5 Å². The Morgan fingerprint density at radius 3 is 2.89 bits per heavy atom. The molecule has 0 atom stereocenters. The number of benzene rings is 2. The van der Waals surface area contributed by atoms with Gasteiger partial charge < -0.3 is 14.6 Å². The van der Waals surface area contributed by atoms with Gasteiger partial charge in [-0.1, -0.05) is 24.3 Å². The molecule has 2 heterocycles. The molecular formula is C21H18FN3O2S. The summed E-state index contributed by atoms with van der Waals surface area (Å²) in [7, 11) is 1.67. The van der Waals surface area contributed by atoms with E-state index in [0.717, 1.165) is 21.6 Å².